The lowest BCUT2D eigenvalue weighted by molar-refractivity contribution is -0.140. The molecule has 2 saturated heterocycles. The number of fused-ring (bicyclic) bond motifs is 1. The standard InChI is InChI=1S/C39H50N6O8/c1-38(2,3)52-36(50)43-28-20-31(45(23-28)37(51)53-39(4,5)6)35(49)44-22-27(42-34(48)32(46)17-16-24-12-8-7-9-13-24)19-30(44)33(47)41-26-18-25-14-10-11-15-29(25)40-21-26/h7-15,18,21,27-28,30-32,46H,16-17,19-20,22-23H2,1-6H3,(H,41,47)(H,42,48)(H,43,50)/t27-,28+,30+,31+,32-/m1/s1. The molecule has 5 rings (SSSR count). The second-order valence-corrected chi connectivity index (χ2v) is 15.6. The number of amides is 5. The van der Waals surface area contributed by atoms with Crippen molar-refractivity contribution in [1.29, 1.82) is 0 Å². The minimum Gasteiger partial charge on any atom is -0.444 e. The van der Waals surface area contributed by atoms with Crippen LogP contribution in [0.25, 0.3) is 10.9 Å². The Balaban J connectivity index is 1.37. The van der Waals surface area contributed by atoms with Gasteiger partial charge in [0, 0.05) is 24.5 Å². The van der Waals surface area contributed by atoms with Gasteiger partial charge >= 0.3 is 12.2 Å². The summed E-state index contributed by atoms with van der Waals surface area (Å²) in [4.78, 5) is 74.9. The molecule has 3 heterocycles. The molecule has 2 fully saturated rings. The Morgan fingerprint density at radius 2 is 1.45 bits per heavy atom. The summed E-state index contributed by atoms with van der Waals surface area (Å²) in [6.07, 6.45) is -0.487. The number of hydrogen-bond acceptors (Lipinski definition) is 9. The van der Waals surface area contributed by atoms with E-state index in [2.05, 4.69) is 20.9 Å². The average Bonchev–Trinajstić information content (AvgIpc) is 3.70. The van der Waals surface area contributed by atoms with E-state index in [4.69, 9.17) is 9.47 Å². The SMILES string of the molecule is CC(C)(C)OC(=O)N[C@H]1C[C@@H](C(=O)N2C[C@H](NC(=O)[C@H](O)CCc3ccccc3)C[C@H]2C(=O)Nc2cnc3ccccc3c2)N(C(=O)OC(C)(C)C)C1. The van der Waals surface area contributed by atoms with Crippen LogP contribution in [-0.4, -0.2) is 104 Å². The first kappa shape index (κ1) is 39.0. The molecule has 4 N–H and O–H groups in total. The first-order valence-corrected chi connectivity index (χ1v) is 17.9. The third-order valence-electron chi connectivity index (χ3n) is 8.88. The Labute approximate surface area is 309 Å². The van der Waals surface area contributed by atoms with Crippen molar-refractivity contribution in [1.82, 2.24) is 25.4 Å². The van der Waals surface area contributed by atoms with E-state index < -0.39 is 71.4 Å². The molecule has 0 spiro atoms. The van der Waals surface area contributed by atoms with Crippen molar-refractivity contribution >= 4 is 46.5 Å². The van der Waals surface area contributed by atoms with Gasteiger partial charge in [0.2, 0.25) is 17.7 Å². The highest BCUT2D eigenvalue weighted by atomic mass is 16.6. The lowest BCUT2D eigenvalue weighted by Gasteiger charge is -2.32. The fraction of sp³-hybridized carbons (Fsp3) is 0.487. The van der Waals surface area contributed by atoms with E-state index in [1.54, 1.807) is 47.6 Å². The van der Waals surface area contributed by atoms with Crippen molar-refractivity contribution in [3.63, 3.8) is 0 Å². The Kier molecular flexibility index (Phi) is 11.9. The molecule has 5 amide bonds. The van der Waals surface area contributed by atoms with Crippen LogP contribution >= 0.6 is 0 Å². The predicted octanol–water partition coefficient (Wildman–Crippen LogP) is 4.16. The van der Waals surface area contributed by atoms with E-state index in [-0.39, 0.29) is 32.4 Å². The molecule has 1 aromatic heterocycles. The highest BCUT2D eigenvalue weighted by Gasteiger charge is 2.49. The van der Waals surface area contributed by atoms with Gasteiger partial charge in [-0.15, -0.1) is 0 Å². The van der Waals surface area contributed by atoms with Crippen LogP contribution in [0, 0.1) is 0 Å². The average molecular weight is 731 g/mol. The number of para-hydroxylation sites is 1. The van der Waals surface area contributed by atoms with Crippen LogP contribution in [0.15, 0.2) is 66.9 Å². The predicted molar refractivity (Wildman–Crippen MR) is 198 cm³/mol. The number of likely N-dealkylation sites (tertiary alicyclic amines) is 2. The fourth-order valence-electron chi connectivity index (χ4n) is 6.54. The van der Waals surface area contributed by atoms with Crippen LogP contribution in [-0.2, 0) is 30.3 Å². The smallest absolute Gasteiger partial charge is 0.411 e. The summed E-state index contributed by atoms with van der Waals surface area (Å²) in [5, 5.41) is 20.0. The van der Waals surface area contributed by atoms with Crippen molar-refractivity contribution < 1.29 is 38.6 Å². The van der Waals surface area contributed by atoms with Crippen LogP contribution < -0.4 is 16.0 Å². The van der Waals surface area contributed by atoms with Gasteiger partial charge in [-0.2, -0.15) is 0 Å². The number of nitrogens with zero attached hydrogens (tertiary/aromatic N) is 3. The third-order valence-corrected chi connectivity index (χ3v) is 8.88. The van der Waals surface area contributed by atoms with Crippen LogP contribution in [0.2, 0.25) is 0 Å². The number of carbonyl (C=O) groups excluding carboxylic acids is 5. The van der Waals surface area contributed by atoms with Gasteiger partial charge in [-0.25, -0.2) is 9.59 Å². The summed E-state index contributed by atoms with van der Waals surface area (Å²) >= 11 is 0. The maximum atomic E-state index is 14.5. The van der Waals surface area contributed by atoms with Crippen molar-refractivity contribution in [3.8, 4) is 0 Å². The van der Waals surface area contributed by atoms with Gasteiger partial charge in [-0.05, 0) is 84.9 Å². The molecule has 0 bridgehead atoms. The largest absolute Gasteiger partial charge is 0.444 e. The normalized spacial score (nSPS) is 20.8. The molecule has 2 aliphatic rings. The number of hydrogen-bond donors (Lipinski definition) is 4. The number of carbonyl (C=O) groups is 5. The first-order chi connectivity index (χ1) is 25.0. The molecule has 2 aromatic carbocycles. The fourth-order valence-corrected chi connectivity index (χ4v) is 6.54. The number of nitrogens with one attached hydrogen (secondary N) is 3. The monoisotopic (exact) mass is 730 g/mol. The molecular formula is C39H50N6O8. The second kappa shape index (κ2) is 16.2. The number of anilines is 1. The molecule has 2 aliphatic heterocycles. The van der Waals surface area contributed by atoms with Crippen LogP contribution in [0.4, 0.5) is 15.3 Å². The number of rotatable bonds is 9. The van der Waals surface area contributed by atoms with Gasteiger partial charge in [0.05, 0.1) is 23.4 Å². The van der Waals surface area contributed by atoms with Gasteiger partial charge in [-0.3, -0.25) is 24.3 Å². The minimum absolute atomic E-state index is 0.0337. The third kappa shape index (κ3) is 10.7. The summed E-state index contributed by atoms with van der Waals surface area (Å²) in [6, 6.07) is 15.2. The van der Waals surface area contributed by atoms with Crippen molar-refractivity contribution in [2.75, 3.05) is 18.4 Å². The molecular weight excluding hydrogens is 680 g/mol. The van der Waals surface area contributed by atoms with Crippen molar-refractivity contribution in [3.05, 3.63) is 72.4 Å². The Hall–Kier alpha value is -5.24. The van der Waals surface area contributed by atoms with Gasteiger partial charge in [-0.1, -0.05) is 48.5 Å². The molecule has 0 aliphatic carbocycles. The molecule has 53 heavy (non-hydrogen) atoms. The van der Waals surface area contributed by atoms with Gasteiger partial charge in [0.1, 0.15) is 29.4 Å². The van der Waals surface area contributed by atoms with E-state index in [1.165, 1.54) is 16.0 Å². The molecule has 14 nitrogen and oxygen atoms in total. The van der Waals surface area contributed by atoms with Crippen LogP contribution in [0.1, 0.15) is 66.4 Å². The molecule has 284 valence electrons. The summed E-state index contributed by atoms with van der Waals surface area (Å²) < 4.78 is 11.1. The first-order valence-electron chi connectivity index (χ1n) is 17.9. The number of aliphatic hydroxyl groups excluding tert-OH is 1. The molecule has 5 atom stereocenters. The van der Waals surface area contributed by atoms with E-state index >= 15 is 0 Å². The van der Waals surface area contributed by atoms with Crippen molar-refractivity contribution in [2.45, 2.75) is 109 Å². The van der Waals surface area contributed by atoms with Crippen LogP contribution in [0.3, 0.4) is 0 Å². The Morgan fingerprint density at radius 3 is 2.15 bits per heavy atom. The highest BCUT2D eigenvalue weighted by Crippen LogP contribution is 2.29. The number of alkyl carbamates (subject to hydrolysis) is 1. The summed E-state index contributed by atoms with van der Waals surface area (Å²) in [5.74, 6) is -1.68. The van der Waals surface area contributed by atoms with E-state index in [1.807, 2.05) is 54.6 Å². The molecule has 0 radical (unpaired) electrons. The Bertz CT molecular complexity index is 1810. The van der Waals surface area contributed by atoms with Gasteiger partial charge < -0.3 is 35.4 Å². The van der Waals surface area contributed by atoms with Gasteiger partial charge in [0.25, 0.3) is 0 Å². The summed E-state index contributed by atoms with van der Waals surface area (Å²) in [7, 11) is 0. The quantitative estimate of drug-likeness (QED) is 0.252. The number of benzene rings is 2. The lowest BCUT2D eigenvalue weighted by Crippen LogP contribution is -2.53. The zero-order chi connectivity index (χ0) is 38.5. The van der Waals surface area contributed by atoms with E-state index in [0.717, 1.165) is 16.5 Å². The summed E-state index contributed by atoms with van der Waals surface area (Å²) in [6.45, 7) is 10.2. The molecule has 0 unspecified atom stereocenters. The summed E-state index contributed by atoms with van der Waals surface area (Å²) in [5.41, 5.74) is 0.496. The number of pyridine rings is 1. The number of ether oxygens (including phenoxy) is 2. The topological polar surface area (TPSA) is 180 Å². The maximum absolute atomic E-state index is 14.5. The Morgan fingerprint density at radius 1 is 0.830 bits per heavy atom. The zero-order valence-corrected chi connectivity index (χ0v) is 31.1. The zero-order valence-electron chi connectivity index (χ0n) is 31.1. The lowest BCUT2D eigenvalue weighted by atomic mass is 10.1. The van der Waals surface area contributed by atoms with Crippen molar-refractivity contribution in [2.24, 2.45) is 0 Å². The molecule has 14 heteroatoms. The van der Waals surface area contributed by atoms with E-state index in [0.29, 0.717) is 12.1 Å². The van der Waals surface area contributed by atoms with E-state index in [9.17, 15) is 29.1 Å². The number of aliphatic hydroxyl groups is 1. The maximum Gasteiger partial charge on any atom is 0.411 e. The highest BCUT2D eigenvalue weighted by molar-refractivity contribution is 6.00. The minimum atomic E-state index is -1.31. The number of aromatic nitrogens is 1. The second-order valence-electron chi connectivity index (χ2n) is 15.6. The molecule has 0 saturated carbocycles. The number of aryl methyl sites for hydroxylation is 1. The van der Waals surface area contributed by atoms with Gasteiger partial charge in [0.15, 0.2) is 0 Å². The molecule has 3 aromatic rings. The van der Waals surface area contributed by atoms with Crippen LogP contribution in [0.5, 0.6) is 0 Å².